The predicted molar refractivity (Wildman–Crippen MR) is 98.4 cm³/mol. The van der Waals surface area contributed by atoms with Gasteiger partial charge in [-0.15, -0.1) is 0 Å². The van der Waals surface area contributed by atoms with Crippen LogP contribution in [0.1, 0.15) is 60.8 Å². The molecule has 3 atom stereocenters. The smallest absolute Gasteiger partial charge is 0.312 e. The third kappa shape index (κ3) is 2.83. The van der Waals surface area contributed by atoms with Crippen LogP contribution in [0.2, 0.25) is 0 Å². The van der Waals surface area contributed by atoms with Gasteiger partial charge in [0.2, 0.25) is 5.76 Å². The van der Waals surface area contributed by atoms with Gasteiger partial charge in [-0.25, -0.2) is 0 Å². The van der Waals surface area contributed by atoms with Gasteiger partial charge in [0.05, 0.1) is 11.1 Å². The van der Waals surface area contributed by atoms with E-state index in [0.29, 0.717) is 19.3 Å². The van der Waals surface area contributed by atoms with Crippen molar-refractivity contribution >= 4 is 11.9 Å². The van der Waals surface area contributed by atoms with Crippen LogP contribution in [-0.4, -0.2) is 39.1 Å². The van der Waals surface area contributed by atoms with Gasteiger partial charge in [-0.05, 0) is 37.2 Å². The van der Waals surface area contributed by atoms with Gasteiger partial charge in [0.1, 0.15) is 0 Å². The molecule has 2 aliphatic heterocycles. The van der Waals surface area contributed by atoms with E-state index in [1.165, 1.54) is 0 Å². The van der Waals surface area contributed by atoms with Crippen molar-refractivity contribution in [2.24, 2.45) is 5.41 Å². The lowest BCUT2D eigenvalue weighted by Gasteiger charge is -2.33. The number of aromatic nitrogens is 1. The Morgan fingerprint density at radius 2 is 2.04 bits per heavy atom. The molecule has 2 fully saturated rings. The van der Waals surface area contributed by atoms with E-state index in [4.69, 9.17) is 4.52 Å². The fourth-order valence-electron chi connectivity index (χ4n) is 4.73. The first-order valence-corrected chi connectivity index (χ1v) is 9.49. The predicted octanol–water partition coefficient (Wildman–Crippen LogP) is 3.49. The number of amides is 1. The molecule has 142 valence electrons. The highest BCUT2D eigenvalue weighted by molar-refractivity contribution is 5.93. The lowest BCUT2D eigenvalue weighted by atomic mass is 9.70. The van der Waals surface area contributed by atoms with Gasteiger partial charge in [0.25, 0.3) is 5.91 Å². The number of rotatable bonds is 5. The van der Waals surface area contributed by atoms with Crippen LogP contribution in [0.25, 0.3) is 0 Å². The summed E-state index contributed by atoms with van der Waals surface area (Å²) < 4.78 is 5.28. The number of carbonyl (C=O) groups is 2. The van der Waals surface area contributed by atoms with Gasteiger partial charge < -0.3 is 14.5 Å². The van der Waals surface area contributed by atoms with Crippen LogP contribution in [0.5, 0.6) is 0 Å². The molecule has 2 aliphatic rings. The average Bonchev–Trinajstić information content (AvgIpc) is 3.36. The maximum Gasteiger partial charge on any atom is 0.312 e. The highest BCUT2D eigenvalue weighted by Gasteiger charge is 2.61. The average molecular weight is 368 g/mol. The minimum absolute atomic E-state index is 0.0603. The molecule has 1 N–H and O–H groups in total. The van der Waals surface area contributed by atoms with Crippen molar-refractivity contribution in [2.45, 2.75) is 57.5 Å². The van der Waals surface area contributed by atoms with Gasteiger partial charge in [-0.1, -0.05) is 49.3 Å². The van der Waals surface area contributed by atoms with Crippen LogP contribution in [-0.2, 0) is 11.2 Å². The van der Waals surface area contributed by atoms with Crippen LogP contribution in [0.3, 0.4) is 0 Å². The third-order valence-corrected chi connectivity index (χ3v) is 6.09. The van der Waals surface area contributed by atoms with Crippen LogP contribution >= 0.6 is 0 Å². The van der Waals surface area contributed by atoms with E-state index in [-0.39, 0.29) is 29.7 Å². The number of benzene rings is 1. The standard InChI is InChI=1S/C21H24N2O4/c1-13(2)16-10-17(27-22-16)19(24)23-15-8-9-18(23)21(12-15,20(25)26)11-14-6-4-3-5-7-14/h3-7,10,13,15,18H,8-9,11-12H2,1-2H3,(H,25,26)/t15-,18+,21+/m0/s1. The van der Waals surface area contributed by atoms with E-state index >= 15 is 0 Å². The van der Waals surface area contributed by atoms with Crippen LogP contribution in [0, 0.1) is 5.41 Å². The second kappa shape index (κ2) is 6.51. The number of carboxylic acid groups (broad SMARTS) is 1. The Kier molecular flexibility index (Phi) is 4.29. The van der Waals surface area contributed by atoms with Gasteiger partial charge in [-0.2, -0.15) is 0 Å². The highest BCUT2D eigenvalue weighted by atomic mass is 16.5. The van der Waals surface area contributed by atoms with Crippen LogP contribution in [0.15, 0.2) is 40.9 Å². The van der Waals surface area contributed by atoms with Gasteiger partial charge in [-0.3, -0.25) is 9.59 Å². The summed E-state index contributed by atoms with van der Waals surface area (Å²) >= 11 is 0. The molecule has 3 heterocycles. The molecular weight excluding hydrogens is 344 g/mol. The minimum Gasteiger partial charge on any atom is -0.481 e. The Labute approximate surface area is 158 Å². The monoisotopic (exact) mass is 368 g/mol. The lowest BCUT2D eigenvalue weighted by molar-refractivity contribution is -0.150. The second-order valence-electron chi connectivity index (χ2n) is 8.06. The first-order chi connectivity index (χ1) is 12.9. The molecule has 1 aromatic carbocycles. The molecule has 0 aliphatic carbocycles. The molecule has 6 heteroatoms. The fraction of sp³-hybridized carbons (Fsp3) is 0.476. The minimum atomic E-state index is -0.944. The molecule has 0 spiro atoms. The van der Waals surface area contributed by atoms with E-state index in [1.807, 2.05) is 44.2 Å². The number of hydrogen-bond acceptors (Lipinski definition) is 4. The molecule has 6 nitrogen and oxygen atoms in total. The Balaban J connectivity index is 1.64. The Bertz CT molecular complexity index is 860. The zero-order chi connectivity index (χ0) is 19.2. The summed E-state index contributed by atoms with van der Waals surface area (Å²) in [6, 6.07) is 11.0. The SMILES string of the molecule is CC(C)c1cc(C(=O)N2[C@H]3CC[C@@H]2[C@](Cc2ccccc2)(C(=O)O)C3)on1. The first kappa shape index (κ1) is 17.8. The Morgan fingerprint density at radius 3 is 2.67 bits per heavy atom. The molecule has 1 amide bonds. The van der Waals surface area contributed by atoms with Crippen LogP contribution in [0.4, 0.5) is 0 Å². The Morgan fingerprint density at radius 1 is 1.30 bits per heavy atom. The number of nitrogens with zero attached hydrogens (tertiary/aromatic N) is 2. The van der Waals surface area contributed by atoms with Gasteiger partial charge in [0.15, 0.2) is 0 Å². The fourth-order valence-corrected chi connectivity index (χ4v) is 4.73. The normalized spacial score (nSPS) is 26.7. The lowest BCUT2D eigenvalue weighted by Crippen LogP contribution is -2.46. The van der Waals surface area contributed by atoms with Crippen molar-refractivity contribution in [3.05, 3.63) is 53.4 Å². The molecule has 2 bridgehead atoms. The maximum atomic E-state index is 13.1. The van der Waals surface area contributed by atoms with E-state index in [1.54, 1.807) is 11.0 Å². The number of carbonyl (C=O) groups excluding carboxylic acids is 1. The third-order valence-electron chi connectivity index (χ3n) is 6.09. The largest absolute Gasteiger partial charge is 0.481 e. The van der Waals surface area contributed by atoms with Crippen molar-refractivity contribution in [3.63, 3.8) is 0 Å². The number of hydrogen-bond donors (Lipinski definition) is 1. The summed E-state index contributed by atoms with van der Waals surface area (Å²) in [4.78, 5) is 27.2. The highest BCUT2D eigenvalue weighted by Crippen LogP contribution is 2.52. The molecule has 27 heavy (non-hydrogen) atoms. The van der Waals surface area contributed by atoms with Crippen molar-refractivity contribution in [1.29, 1.82) is 0 Å². The van der Waals surface area contributed by atoms with E-state index in [0.717, 1.165) is 17.7 Å². The summed E-state index contributed by atoms with van der Waals surface area (Å²) in [5, 5.41) is 14.1. The summed E-state index contributed by atoms with van der Waals surface area (Å²) in [6.45, 7) is 3.97. The summed E-state index contributed by atoms with van der Waals surface area (Å²) in [5.41, 5.74) is 0.779. The first-order valence-electron chi connectivity index (χ1n) is 9.49. The number of aliphatic carboxylic acids is 1. The topological polar surface area (TPSA) is 83.6 Å². The molecule has 2 aromatic rings. The molecule has 0 radical (unpaired) electrons. The summed E-state index contributed by atoms with van der Waals surface area (Å²) in [5.74, 6) is -0.687. The number of carboxylic acids is 1. The van der Waals surface area contributed by atoms with Crippen molar-refractivity contribution in [2.75, 3.05) is 0 Å². The van der Waals surface area contributed by atoms with E-state index in [2.05, 4.69) is 5.16 Å². The quantitative estimate of drug-likeness (QED) is 0.873. The molecule has 0 unspecified atom stereocenters. The van der Waals surface area contributed by atoms with Crippen molar-refractivity contribution < 1.29 is 19.2 Å². The van der Waals surface area contributed by atoms with Crippen LogP contribution < -0.4 is 0 Å². The molecular formula is C21H24N2O4. The molecule has 4 rings (SSSR count). The maximum absolute atomic E-state index is 13.1. The number of fused-ring (bicyclic) bond motifs is 2. The van der Waals surface area contributed by atoms with Crippen molar-refractivity contribution in [1.82, 2.24) is 10.1 Å². The summed E-state index contributed by atoms with van der Waals surface area (Å²) in [6.07, 6.45) is 2.46. The van der Waals surface area contributed by atoms with Gasteiger partial charge >= 0.3 is 5.97 Å². The Hall–Kier alpha value is -2.63. The summed E-state index contributed by atoms with van der Waals surface area (Å²) in [7, 11) is 0. The molecule has 1 aromatic heterocycles. The molecule has 0 saturated carbocycles. The second-order valence-corrected chi connectivity index (χ2v) is 8.06. The zero-order valence-corrected chi connectivity index (χ0v) is 15.6. The van der Waals surface area contributed by atoms with Crippen molar-refractivity contribution in [3.8, 4) is 0 Å². The van der Waals surface area contributed by atoms with E-state index in [9.17, 15) is 14.7 Å². The van der Waals surface area contributed by atoms with Gasteiger partial charge in [0, 0.05) is 18.2 Å². The zero-order valence-electron chi connectivity index (χ0n) is 15.6. The molecule has 2 saturated heterocycles. The van der Waals surface area contributed by atoms with E-state index < -0.39 is 11.4 Å².